The van der Waals surface area contributed by atoms with E-state index < -0.39 is 70.5 Å². The zero-order valence-electron chi connectivity index (χ0n) is 38.0. The molecule has 6 amide bonds. The number of nitrogens with one attached hydrogen (secondary N) is 6. The van der Waals surface area contributed by atoms with Gasteiger partial charge in [-0.15, -0.1) is 0 Å². The van der Waals surface area contributed by atoms with E-state index in [0.717, 1.165) is 0 Å². The number of guanidine groups is 1. The summed E-state index contributed by atoms with van der Waals surface area (Å²) < 4.78 is 10.6. The number of nitro groups is 1. The molecular formula is C45H59ClN10O11. The van der Waals surface area contributed by atoms with Crippen LogP contribution in [0.4, 0.5) is 9.59 Å². The highest BCUT2D eigenvalue weighted by atomic mass is 35.5. The fraction of sp³-hybridized carbons (Fsp3) is 0.400. The lowest BCUT2D eigenvalue weighted by Crippen LogP contribution is -2.56. The largest absolute Gasteiger partial charge is 0.508 e. The first-order chi connectivity index (χ1) is 31.6. The second-order valence-electron chi connectivity index (χ2n) is 16.3. The summed E-state index contributed by atoms with van der Waals surface area (Å²) in [6, 6.07) is 14.6. The number of hydrogen-bond acceptors (Lipinski definition) is 11. The number of hydrogen-bond donors (Lipinski definition) is 9. The van der Waals surface area contributed by atoms with Crippen LogP contribution in [0.5, 0.6) is 5.75 Å². The van der Waals surface area contributed by atoms with Crippen molar-refractivity contribution in [1.82, 2.24) is 31.9 Å². The Morgan fingerprint density at radius 1 is 0.836 bits per heavy atom. The minimum atomic E-state index is -1.44. The number of rotatable bonds is 23. The van der Waals surface area contributed by atoms with Gasteiger partial charge in [-0.25, -0.2) is 19.7 Å². The van der Waals surface area contributed by atoms with Gasteiger partial charge in [-0.05, 0) is 101 Å². The summed E-state index contributed by atoms with van der Waals surface area (Å²) in [5.74, 6) is -3.99. The van der Waals surface area contributed by atoms with Crippen LogP contribution in [0.2, 0.25) is 5.02 Å². The zero-order valence-corrected chi connectivity index (χ0v) is 38.7. The number of phenolic OH excluding ortho intramolecular Hbond substituents is 1. The molecule has 0 fully saturated rings. The van der Waals surface area contributed by atoms with Crippen molar-refractivity contribution in [3.05, 3.63) is 121 Å². The molecule has 0 saturated carbocycles. The molecule has 3 rings (SSSR count). The van der Waals surface area contributed by atoms with Gasteiger partial charge in [-0.2, -0.15) is 0 Å². The molecule has 67 heavy (non-hydrogen) atoms. The van der Waals surface area contributed by atoms with E-state index in [0.29, 0.717) is 32.8 Å². The highest BCUT2D eigenvalue weighted by molar-refractivity contribution is 6.31. The van der Waals surface area contributed by atoms with E-state index in [9.17, 15) is 44.0 Å². The number of allylic oxidation sites excluding steroid dienone is 1. The van der Waals surface area contributed by atoms with Gasteiger partial charge in [0.2, 0.25) is 17.7 Å². The van der Waals surface area contributed by atoms with Crippen molar-refractivity contribution >= 4 is 53.4 Å². The van der Waals surface area contributed by atoms with E-state index in [1.165, 1.54) is 18.2 Å². The summed E-state index contributed by atoms with van der Waals surface area (Å²) in [6.07, 6.45) is -0.0505. The van der Waals surface area contributed by atoms with E-state index >= 15 is 0 Å². The van der Waals surface area contributed by atoms with Crippen LogP contribution in [0.1, 0.15) is 74.3 Å². The normalized spacial score (nSPS) is 12.9. The fourth-order valence-electron chi connectivity index (χ4n) is 6.42. The number of alkyl carbamates (subject to hydrolysis) is 2. The third-order valence-corrected chi connectivity index (χ3v) is 10.0. The molecule has 0 aliphatic carbocycles. The number of primary amides is 1. The van der Waals surface area contributed by atoms with E-state index in [4.69, 9.17) is 32.5 Å². The van der Waals surface area contributed by atoms with Crippen molar-refractivity contribution in [1.29, 1.82) is 0 Å². The molecule has 362 valence electrons. The molecule has 0 spiro atoms. The van der Waals surface area contributed by atoms with Gasteiger partial charge in [0.1, 0.15) is 46.9 Å². The monoisotopic (exact) mass is 950 g/mol. The predicted octanol–water partition coefficient (Wildman–Crippen LogP) is 3.38. The van der Waals surface area contributed by atoms with Crippen LogP contribution in [0.25, 0.3) is 0 Å². The predicted molar refractivity (Wildman–Crippen MR) is 249 cm³/mol. The lowest BCUT2D eigenvalue weighted by atomic mass is 9.95. The molecule has 11 N–H and O–H groups in total. The number of aryl methyl sites for hydroxylation is 2. The number of benzene rings is 3. The molecule has 22 heteroatoms. The number of nitrogens with zero attached hydrogens (tertiary/aromatic N) is 2. The number of hydrazone groups is 1. The Morgan fingerprint density at radius 2 is 1.48 bits per heavy atom. The number of amides is 6. The second-order valence-corrected chi connectivity index (χ2v) is 16.7. The van der Waals surface area contributed by atoms with Crippen molar-refractivity contribution in [2.75, 3.05) is 13.1 Å². The number of phenols is 1. The van der Waals surface area contributed by atoms with Crippen LogP contribution in [0, 0.1) is 24.0 Å². The van der Waals surface area contributed by atoms with Gasteiger partial charge in [-0.1, -0.05) is 66.2 Å². The minimum Gasteiger partial charge on any atom is -0.508 e. The van der Waals surface area contributed by atoms with Gasteiger partial charge >= 0.3 is 12.2 Å². The maximum atomic E-state index is 14.5. The average molecular weight is 951 g/mol. The molecule has 0 aliphatic rings. The first-order valence-corrected chi connectivity index (χ1v) is 21.6. The molecule has 0 aromatic heterocycles. The molecular weight excluding hydrogens is 892 g/mol. The number of unbranched alkanes of at least 4 members (excludes halogenated alkanes) is 1. The molecule has 0 saturated heterocycles. The molecule has 1 unspecified atom stereocenters. The fourth-order valence-corrected chi connectivity index (χ4v) is 6.61. The van der Waals surface area contributed by atoms with Gasteiger partial charge in [0, 0.05) is 36.5 Å². The van der Waals surface area contributed by atoms with Crippen LogP contribution in [-0.4, -0.2) is 88.7 Å². The third-order valence-electron chi connectivity index (χ3n) is 9.64. The van der Waals surface area contributed by atoms with E-state index in [1.807, 2.05) is 0 Å². The van der Waals surface area contributed by atoms with Crippen LogP contribution >= 0.6 is 11.6 Å². The van der Waals surface area contributed by atoms with Crippen molar-refractivity contribution in [3.63, 3.8) is 0 Å². The molecule has 0 aliphatic heterocycles. The maximum absolute atomic E-state index is 14.5. The van der Waals surface area contributed by atoms with Gasteiger partial charge in [0.25, 0.3) is 11.9 Å². The van der Waals surface area contributed by atoms with E-state index in [-0.39, 0.29) is 69.7 Å². The summed E-state index contributed by atoms with van der Waals surface area (Å²) >= 11 is 6.15. The Balaban J connectivity index is 1.93. The van der Waals surface area contributed by atoms with Crippen molar-refractivity contribution in [3.8, 4) is 5.75 Å². The molecule has 3 atom stereocenters. The van der Waals surface area contributed by atoms with Crippen molar-refractivity contribution in [2.24, 2.45) is 16.6 Å². The van der Waals surface area contributed by atoms with Gasteiger partial charge in [0.05, 0.1) is 0 Å². The second kappa shape index (κ2) is 26.5. The molecule has 21 nitrogen and oxygen atoms in total. The number of carbonyl (C=O) groups excluding carboxylic acids is 6. The molecule has 3 aromatic carbocycles. The van der Waals surface area contributed by atoms with Crippen molar-refractivity contribution < 1.29 is 48.4 Å². The Morgan fingerprint density at radius 3 is 2.10 bits per heavy atom. The molecule has 0 heterocycles. The zero-order chi connectivity index (χ0) is 49.7. The molecule has 0 radical (unpaired) electrons. The first-order valence-electron chi connectivity index (χ1n) is 21.2. The van der Waals surface area contributed by atoms with Gasteiger partial charge < -0.3 is 57.9 Å². The average Bonchev–Trinajstić information content (AvgIpc) is 3.23. The Hall–Kier alpha value is -7.42. The summed E-state index contributed by atoms with van der Waals surface area (Å²) in [6.45, 7) is 8.27. The molecule has 3 aromatic rings. The van der Waals surface area contributed by atoms with Gasteiger partial charge in [-0.3, -0.25) is 19.2 Å². The van der Waals surface area contributed by atoms with Crippen LogP contribution in [0.15, 0.2) is 83.6 Å². The summed E-state index contributed by atoms with van der Waals surface area (Å²) in [4.78, 5) is 91.3. The Kier molecular flexibility index (Phi) is 21.3. The number of aromatic hydroxyl groups is 1. The standard InChI is InChI=1S/C45H59ClN10O11/c1-27-22-31(57)23-28(2)32(27)25-37(53-40(60)35(54-44(63)67-45(3,4)5)19-13-21-49-42(48)55-56(64)65)41(61)51-34(39(59)52-36(38(47)58)24-29-14-7-6-8-15-29)18-11-12-20-50-43(62)66-26-30-16-9-10-17-33(30)46/h6-10,14-18,22-23,35-37,57H,11-13,19-21,24-26H2,1-5H3,(H2,47,58)(H,50,62)(H,51,61)(H,52,59)(H,53,60)(H,54,63)(H3,48,49,55)/b34-18+/t35?,36-,37-/m0/s1. The highest BCUT2D eigenvalue weighted by Gasteiger charge is 2.31. The van der Waals surface area contributed by atoms with Crippen molar-refractivity contribution in [2.45, 2.75) is 103 Å². The topological polar surface area (TPSA) is 321 Å². The number of ether oxygens (including phenoxy) is 2. The lowest BCUT2D eigenvalue weighted by Gasteiger charge is -2.26. The Bertz CT molecular complexity index is 2260. The Labute approximate surface area is 393 Å². The summed E-state index contributed by atoms with van der Waals surface area (Å²) in [5, 5.41) is 38.9. The third kappa shape index (κ3) is 20.1. The van der Waals surface area contributed by atoms with Crippen LogP contribution in [-0.2, 0) is 48.1 Å². The highest BCUT2D eigenvalue weighted by Crippen LogP contribution is 2.23. The van der Waals surface area contributed by atoms with Gasteiger partial charge in [0.15, 0.2) is 5.03 Å². The maximum Gasteiger partial charge on any atom is 0.408 e. The minimum absolute atomic E-state index is 0.00212. The SMILES string of the molecule is Cc1cc(O)cc(C)c1C[C@H](NC(=O)C(CCCN/C(N)=N\[N+](=O)[O-])NC(=O)OC(C)(C)C)C(=O)N/C(=C/CCCNC(=O)OCc1ccccc1Cl)C(=O)N[C@@H](Cc1ccccc1)C(N)=O. The smallest absolute Gasteiger partial charge is 0.408 e. The van der Waals surface area contributed by atoms with E-state index in [1.54, 1.807) is 89.2 Å². The summed E-state index contributed by atoms with van der Waals surface area (Å²) in [5.41, 5.74) is 13.0. The quantitative estimate of drug-likeness (QED) is 0.0165. The number of halogens is 1. The van der Waals surface area contributed by atoms with E-state index in [2.05, 4.69) is 37.0 Å². The molecule has 0 bridgehead atoms. The summed E-state index contributed by atoms with van der Waals surface area (Å²) in [7, 11) is 0. The van der Waals surface area contributed by atoms with Crippen LogP contribution in [0.3, 0.4) is 0 Å². The number of carbonyl (C=O) groups is 6. The number of nitrogens with two attached hydrogens (primary N) is 2. The van der Waals surface area contributed by atoms with Crippen LogP contribution < -0.4 is 43.4 Å². The first kappa shape index (κ1) is 53.9. The lowest BCUT2D eigenvalue weighted by molar-refractivity contribution is -0.485.